The lowest BCUT2D eigenvalue weighted by Crippen LogP contribution is -2.04. The predicted molar refractivity (Wildman–Crippen MR) is 164 cm³/mol. The van der Waals surface area contributed by atoms with Gasteiger partial charge in [-0.2, -0.15) is 13.2 Å². The largest absolute Gasteiger partial charge is 0.494 e. The van der Waals surface area contributed by atoms with Gasteiger partial charge in [-0.25, -0.2) is 0 Å². The molecule has 0 saturated heterocycles. The predicted octanol–water partition coefficient (Wildman–Crippen LogP) is 11.8. The van der Waals surface area contributed by atoms with Gasteiger partial charge in [-0.15, -0.1) is 0 Å². The fourth-order valence-corrected chi connectivity index (χ4v) is 6.76. The van der Waals surface area contributed by atoms with E-state index >= 15 is 0 Å². The van der Waals surface area contributed by atoms with E-state index in [4.69, 9.17) is 4.74 Å². The van der Waals surface area contributed by atoms with Crippen LogP contribution in [0.3, 0.4) is 0 Å². The molecule has 0 spiro atoms. The minimum atomic E-state index is -3.67. The first-order chi connectivity index (χ1) is 19.6. The molecule has 1 nitrogen and oxygen atoms in total. The van der Waals surface area contributed by atoms with E-state index in [0.29, 0.717) is 0 Å². The van der Waals surface area contributed by atoms with Crippen molar-refractivity contribution in [2.75, 3.05) is 6.61 Å². The van der Waals surface area contributed by atoms with E-state index < -0.39 is 6.68 Å². The summed E-state index contributed by atoms with van der Waals surface area (Å²) in [6, 6.07) is 30.4. The van der Waals surface area contributed by atoms with Crippen molar-refractivity contribution in [2.45, 2.75) is 118 Å². The normalized spacial score (nSPS) is 10.9. The second kappa shape index (κ2) is 22.3. The van der Waals surface area contributed by atoms with E-state index in [-0.39, 0.29) is 10.9 Å². The zero-order valence-electron chi connectivity index (χ0n) is 24.2. The van der Waals surface area contributed by atoms with Crippen LogP contribution in [0.2, 0.25) is 0 Å². The van der Waals surface area contributed by atoms with Gasteiger partial charge in [-0.3, -0.25) is 0 Å². The van der Waals surface area contributed by atoms with Gasteiger partial charge in [0.1, 0.15) is 5.75 Å². The van der Waals surface area contributed by atoms with E-state index in [1.165, 1.54) is 98.2 Å². The Morgan fingerprint density at radius 1 is 0.500 bits per heavy atom. The van der Waals surface area contributed by atoms with E-state index in [0.717, 1.165) is 18.8 Å². The lowest BCUT2D eigenvalue weighted by atomic mass is 10.0. The Balaban J connectivity index is 0.00000131. The highest BCUT2D eigenvalue weighted by molar-refractivity contribution is 7.97. The molecule has 0 fully saturated rings. The quantitative estimate of drug-likeness (QED) is 0.102. The highest BCUT2D eigenvalue weighted by atomic mass is 32.2. The summed E-state index contributed by atoms with van der Waals surface area (Å²) in [5.41, 5.74) is 0. The lowest BCUT2D eigenvalue weighted by Gasteiger charge is -2.10. The van der Waals surface area contributed by atoms with Gasteiger partial charge < -0.3 is 4.74 Å². The summed E-state index contributed by atoms with van der Waals surface area (Å²) in [7, 11) is -0.0959. The van der Waals surface area contributed by atoms with Gasteiger partial charge in [-0.05, 0) is 55.0 Å². The molecule has 0 radical (unpaired) electrons. The van der Waals surface area contributed by atoms with Crippen LogP contribution in [0.1, 0.15) is 96.8 Å². The zero-order valence-corrected chi connectivity index (χ0v) is 25.0. The fraction of sp³-hybridized carbons (Fsp3) is 0.486. The van der Waals surface area contributed by atoms with E-state index in [2.05, 4.69) is 91.9 Å². The molecule has 3 aromatic carbocycles. The molecule has 3 rings (SSSR count). The standard InChI is InChI=1S/C34H47OS.CHF3/c1-2-3-4-5-6-7-8-9-10-11-12-13-14-21-30-35-31-26-28-34(29-27-31)36(32-22-17-15-18-23-32)33-24-19-16-20-25-33;2-1(3)4/h15-20,22-29H,2-14,21,30H2,1H3;1H/q+1;. The van der Waals surface area contributed by atoms with Gasteiger partial charge in [0.15, 0.2) is 14.7 Å². The van der Waals surface area contributed by atoms with Crippen molar-refractivity contribution in [3.05, 3.63) is 84.9 Å². The smallest absolute Gasteiger partial charge is 0.379 e. The summed E-state index contributed by atoms with van der Waals surface area (Å²) in [6.07, 6.45) is 19.4. The summed E-state index contributed by atoms with van der Waals surface area (Å²) in [5, 5.41) is 0. The average molecular weight is 574 g/mol. The molecule has 0 bridgehead atoms. The summed E-state index contributed by atoms with van der Waals surface area (Å²) < 4.78 is 35.1. The first-order valence-electron chi connectivity index (χ1n) is 15.1. The molecular weight excluding hydrogens is 525 g/mol. The summed E-state index contributed by atoms with van der Waals surface area (Å²) >= 11 is 0. The Labute approximate surface area is 243 Å². The third-order valence-electron chi connectivity index (χ3n) is 6.78. The molecule has 3 aromatic rings. The van der Waals surface area contributed by atoms with Gasteiger partial charge in [-0.1, -0.05) is 127 Å². The fourth-order valence-electron chi connectivity index (χ4n) is 4.68. The van der Waals surface area contributed by atoms with Crippen molar-refractivity contribution in [3.63, 3.8) is 0 Å². The molecule has 5 heteroatoms. The first kappa shape index (κ1) is 33.8. The van der Waals surface area contributed by atoms with Crippen LogP contribution in [0.25, 0.3) is 0 Å². The van der Waals surface area contributed by atoms with E-state index in [1.54, 1.807) is 0 Å². The molecule has 0 aliphatic carbocycles. The van der Waals surface area contributed by atoms with Gasteiger partial charge in [0.25, 0.3) is 0 Å². The lowest BCUT2D eigenvalue weighted by molar-refractivity contribution is 0.00819. The maximum Gasteiger partial charge on any atom is 0.379 e. The number of hydrogen-bond acceptors (Lipinski definition) is 1. The molecule has 0 aliphatic heterocycles. The molecule has 0 saturated carbocycles. The summed E-state index contributed by atoms with van der Waals surface area (Å²) in [5.74, 6) is 0.984. The monoisotopic (exact) mass is 573 g/mol. The third kappa shape index (κ3) is 15.4. The number of halogens is 3. The molecule has 0 unspecified atom stereocenters. The van der Waals surface area contributed by atoms with Crippen LogP contribution in [0.15, 0.2) is 99.6 Å². The second-order valence-corrected chi connectivity index (χ2v) is 12.1. The average Bonchev–Trinajstić information content (AvgIpc) is 2.97. The SMILES string of the molecule is CCCCCCCCCCCCCCCCOc1ccc([S+](c2ccccc2)c2ccccc2)cc1.FC(F)F. The molecule has 220 valence electrons. The number of unbranched alkanes of at least 4 members (excludes halogenated alkanes) is 13. The minimum Gasteiger partial charge on any atom is -0.494 e. The van der Waals surface area contributed by atoms with Crippen molar-refractivity contribution >= 4 is 10.9 Å². The highest BCUT2D eigenvalue weighted by Crippen LogP contribution is 2.32. The topological polar surface area (TPSA) is 9.23 Å². The number of alkyl halides is 3. The Bertz CT molecular complexity index is 925. The first-order valence-corrected chi connectivity index (χ1v) is 16.3. The van der Waals surface area contributed by atoms with Crippen LogP contribution in [0.5, 0.6) is 5.75 Å². The summed E-state index contributed by atoms with van der Waals surface area (Å²) in [4.78, 5) is 4.02. The van der Waals surface area contributed by atoms with Gasteiger partial charge in [0.05, 0.1) is 17.5 Å². The van der Waals surface area contributed by atoms with Crippen molar-refractivity contribution in [1.82, 2.24) is 0 Å². The maximum absolute atomic E-state index is 9.67. The molecule has 0 amide bonds. The Morgan fingerprint density at radius 3 is 1.25 bits per heavy atom. The minimum absolute atomic E-state index is 0.0959. The van der Waals surface area contributed by atoms with Gasteiger partial charge >= 0.3 is 6.68 Å². The number of hydrogen-bond donors (Lipinski definition) is 0. The van der Waals surface area contributed by atoms with Crippen LogP contribution < -0.4 is 4.74 Å². The van der Waals surface area contributed by atoms with Crippen molar-refractivity contribution in [3.8, 4) is 5.75 Å². The number of ether oxygens (including phenoxy) is 1. The number of benzene rings is 3. The van der Waals surface area contributed by atoms with Gasteiger partial charge in [0.2, 0.25) is 0 Å². The van der Waals surface area contributed by atoms with Crippen LogP contribution in [-0.4, -0.2) is 13.3 Å². The molecule has 0 N–H and O–H groups in total. The Kier molecular flexibility index (Phi) is 18.9. The Morgan fingerprint density at radius 2 is 0.850 bits per heavy atom. The van der Waals surface area contributed by atoms with Crippen molar-refractivity contribution in [2.24, 2.45) is 0 Å². The molecular formula is C35H48F3OS+. The maximum atomic E-state index is 9.67. The zero-order chi connectivity index (χ0) is 28.7. The third-order valence-corrected chi connectivity index (χ3v) is 9.01. The van der Waals surface area contributed by atoms with Crippen LogP contribution in [-0.2, 0) is 10.9 Å². The molecule has 0 atom stereocenters. The molecule has 0 heterocycles. The van der Waals surface area contributed by atoms with Crippen molar-refractivity contribution in [1.29, 1.82) is 0 Å². The second-order valence-electron chi connectivity index (χ2n) is 10.1. The molecule has 0 aliphatic rings. The van der Waals surface area contributed by atoms with Crippen LogP contribution in [0, 0.1) is 0 Å². The Hall–Kier alpha value is -2.40. The van der Waals surface area contributed by atoms with E-state index in [1.807, 2.05) is 0 Å². The number of rotatable bonds is 19. The highest BCUT2D eigenvalue weighted by Gasteiger charge is 2.28. The van der Waals surface area contributed by atoms with Crippen molar-refractivity contribution < 1.29 is 17.9 Å². The van der Waals surface area contributed by atoms with Gasteiger partial charge in [0, 0.05) is 0 Å². The van der Waals surface area contributed by atoms with Crippen LogP contribution >= 0.6 is 0 Å². The summed E-state index contributed by atoms with van der Waals surface area (Å²) in [6.45, 7) is -0.555. The van der Waals surface area contributed by atoms with E-state index in [9.17, 15) is 13.2 Å². The molecule has 40 heavy (non-hydrogen) atoms. The van der Waals surface area contributed by atoms with Crippen LogP contribution in [0.4, 0.5) is 13.2 Å². The molecule has 0 aromatic heterocycles.